The van der Waals surface area contributed by atoms with Gasteiger partial charge in [-0.05, 0) is 61.4 Å². The van der Waals surface area contributed by atoms with Crippen LogP contribution in [-0.2, 0) is 16.6 Å². The van der Waals surface area contributed by atoms with Gasteiger partial charge in [0, 0.05) is 49.7 Å². The third-order valence-electron chi connectivity index (χ3n) is 8.92. The zero-order valence-corrected chi connectivity index (χ0v) is 29.3. The van der Waals surface area contributed by atoms with E-state index in [9.17, 15) is 19.2 Å². The molecule has 2 aliphatic rings. The molecule has 3 amide bonds. The van der Waals surface area contributed by atoms with E-state index in [1.54, 1.807) is 79.0 Å². The molecule has 3 N–H and O–H groups in total. The number of carbonyl (C=O) groups excluding carboxylic acids is 4. The van der Waals surface area contributed by atoms with Gasteiger partial charge in [0.2, 0.25) is 11.7 Å². The molecule has 2 aromatic heterocycles. The molecule has 5 aromatic rings. The highest BCUT2D eigenvalue weighted by atomic mass is 16.5. The number of H-pyrrole nitrogens is 1. The maximum atomic E-state index is 13.2. The van der Waals surface area contributed by atoms with E-state index in [1.165, 1.54) is 18.8 Å². The summed E-state index contributed by atoms with van der Waals surface area (Å²) in [6.45, 7) is 4.71. The third kappa shape index (κ3) is 7.22. The molecule has 7 rings (SSSR count). The van der Waals surface area contributed by atoms with Crippen molar-refractivity contribution in [1.82, 2.24) is 24.4 Å². The lowest BCUT2D eigenvalue weighted by molar-refractivity contribution is -0.116. The molecular weight excluding hydrogens is 680 g/mol. The fraction of sp³-hybridized carbons (Fsp3) is 0.237. The number of hydrogen-bond acceptors (Lipinski definition) is 10. The van der Waals surface area contributed by atoms with Gasteiger partial charge < -0.3 is 39.3 Å². The van der Waals surface area contributed by atoms with Crippen LogP contribution in [-0.4, -0.2) is 87.7 Å². The Kier molecular flexibility index (Phi) is 9.46. The number of nitrogens with zero attached hydrogens (tertiary/aromatic N) is 5. The lowest BCUT2D eigenvalue weighted by Crippen LogP contribution is -2.35. The van der Waals surface area contributed by atoms with E-state index >= 15 is 0 Å². The van der Waals surface area contributed by atoms with Crippen LogP contribution in [0.5, 0.6) is 11.5 Å². The zero-order chi connectivity index (χ0) is 37.2. The number of aryl methyl sites for hydroxylation is 1. The van der Waals surface area contributed by atoms with Gasteiger partial charge in [-0.2, -0.15) is 0 Å². The van der Waals surface area contributed by atoms with Gasteiger partial charge in [0.05, 0.1) is 54.7 Å². The molecule has 15 heteroatoms. The van der Waals surface area contributed by atoms with Gasteiger partial charge in [-0.25, -0.2) is 14.8 Å². The summed E-state index contributed by atoms with van der Waals surface area (Å²) in [7, 11) is 4.49. The van der Waals surface area contributed by atoms with Gasteiger partial charge >= 0.3 is 5.97 Å². The molecule has 53 heavy (non-hydrogen) atoms. The van der Waals surface area contributed by atoms with Gasteiger partial charge in [0.25, 0.3) is 11.8 Å². The first-order chi connectivity index (χ1) is 25.6. The van der Waals surface area contributed by atoms with Crippen molar-refractivity contribution in [2.75, 3.05) is 38.0 Å². The monoisotopic (exact) mass is 716 g/mol. The van der Waals surface area contributed by atoms with Crippen molar-refractivity contribution in [2.24, 2.45) is 12.0 Å². The second-order valence-electron chi connectivity index (χ2n) is 12.7. The lowest BCUT2D eigenvalue weighted by Gasteiger charge is -2.20. The summed E-state index contributed by atoms with van der Waals surface area (Å²) in [6.07, 6.45) is 4.52. The molecule has 1 atom stereocenters. The quantitative estimate of drug-likeness (QED) is 0.0929. The first-order valence-corrected chi connectivity index (χ1v) is 16.8. The number of amides is 3. The summed E-state index contributed by atoms with van der Waals surface area (Å²) in [6, 6.07) is 15.4. The number of esters is 1. The summed E-state index contributed by atoms with van der Waals surface area (Å²) in [4.78, 5) is 69.3. The van der Waals surface area contributed by atoms with Gasteiger partial charge in [0.1, 0.15) is 5.82 Å². The number of rotatable bonds is 11. The largest absolute Gasteiger partial charge is 0.493 e. The Morgan fingerprint density at radius 2 is 1.83 bits per heavy atom. The van der Waals surface area contributed by atoms with Crippen molar-refractivity contribution in [3.63, 3.8) is 0 Å². The Bertz CT molecular complexity index is 2310. The van der Waals surface area contributed by atoms with Crippen LogP contribution in [0, 0.1) is 0 Å². The van der Waals surface area contributed by atoms with Crippen LogP contribution >= 0.6 is 0 Å². The van der Waals surface area contributed by atoms with Crippen LogP contribution in [0.3, 0.4) is 0 Å². The number of carbonyl (C=O) groups is 4. The van der Waals surface area contributed by atoms with Crippen LogP contribution in [0.4, 0.5) is 17.2 Å². The van der Waals surface area contributed by atoms with Crippen LogP contribution < -0.4 is 20.1 Å². The summed E-state index contributed by atoms with van der Waals surface area (Å²) in [5, 5.41) is 5.56. The maximum Gasteiger partial charge on any atom is 0.337 e. The van der Waals surface area contributed by atoms with Crippen LogP contribution in [0.25, 0.3) is 22.4 Å². The topological polar surface area (TPSA) is 182 Å². The highest BCUT2D eigenvalue weighted by molar-refractivity contribution is 6.04. The molecule has 15 nitrogen and oxygen atoms in total. The van der Waals surface area contributed by atoms with Crippen LogP contribution in [0.15, 0.2) is 77.9 Å². The number of fused-ring (bicyclic) bond motifs is 3. The number of aromatic nitrogens is 4. The van der Waals surface area contributed by atoms with Gasteiger partial charge in [-0.3, -0.25) is 19.4 Å². The minimum absolute atomic E-state index is 0.105. The molecule has 270 valence electrons. The van der Waals surface area contributed by atoms with E-state index < -0.39 is 11.9 Å². The molecule has 1 fully saturated rings. The minimum Gasteiger partial charge on any atom is -0.493 e. The maximum absolute atomic E-state index is 13.2. The molecule has 1 saturated heterocycles. The van der Waals surface area contributed by atoms with E-state index in [0.29, 0.717) is 70.2 Å². The number of aromatic amines is 1. The number of ether oxygens (including phenoxy) is 3. The zero-order valence-electron chi connectivity index (χ0n) is 29.3. The number of hydrogen-bond donors (Lipinski definition) is 3. The molecule has 0 bridgehead atoms. The van der Waals surface area contributed by atoms with Crippen molar-refractivity contribution in [1.29, 1.82) is 0 Å². The molecule has 1 unspecified atom stereocenters. The molecule has 2 aliphatic heterocycles. The number of aliphatic imine (C=N–C) groups is 1. The number of benzene rings is 3. The van der Waals surface area contributed by atoms with Crippen molar-refractivity contribution < 1.29 is 33.4 Å². The van der Waals surface area contributed by atoms with Crippen molar-refractivity contribution in [3.8, 4) is 22.9 Å². The van der Waals surface area contributed by atoms with E-state index in [-0.39, 0.29) is 42.5 Å². The van der Waals surface area contributed by atoms with Crippen LogP contribution in [0.1, 0.15) is 50.6 Å². The SMILES string of the molecule is C=C1CC2C=Nc3cc(OCCCC(=O)Nc4cn(C)c(C(=O)Nc5ccc(-c6nc7ccc(C(=O)OC)cc7[nH]6)cc5)n4)c(OC)cc3C(=O)N2C1. The molecule has 0 radical (unpaired) electrons. The average molecular weight is 717 g/mol. The second-order valence-corrected chi connectivity index (χ2v) is 12.7. The first kappa shape index (κ1) is 34.7. The standard InChI is InChI=1S/C38H36N8O7/c1-21-14-25-18-39-28-17-31(30(51-3)16-26(28)37(49)46(25)19-21)53-13-5-6-33(47)43-32-20-45(2)35(44-32)36(48)40-24-10-7-22(8-11-24)34-41-27-12-9-23(38(50)52-4)15-29(27)42-34/h7-12,15-18,20,25H,1,5-6,13-14,19H2,2-4H3,(H,40,48)(H,41,42)(H,43,47). The Morgan fingerprint density at radius 1 is 1.02 bits per heavy atom. The molecule has 3 aromatic carbocycles. The summed E-state index contributed by atoms with van der Waals surface area (Å²) < 4.78 is 17.8. The Hall–Kier alpha value is -6.77. The fourth-order valence-electron chi connectivity index (χ4n) is 6.25. The number of anilines is 2. The molecule has 0 aliphatic carbocycles. The summed E-state index contributed by atoms with van der Waals surface area (Å²) in [5.74, 6) is 0.431. The summed E-state index contributed by atoms with van der Waals surface area (Å²) >= 11 is 0. The molecule has 4 heterocycles. The summed E-state index contributed by atoms with van der Waals surface area (Å²) in [5.41, 5.74) is 5.03. The predicted octanol–water partition coefficient (Wildman–Crippen LogP) is 5.30. The number of nitrogens with one attached hydrogen (secondary N) is 3. The Labute approximate surface area is 303 Å². The second kappa shape index (κ2) is 14.5. The van der Waals surface area contributed by atoms with Gasteiger partial charge in [-0.15, -0.1) is 0 Å². The average Bonchev–Trinajstić information content (AvgIpc) is 3.85. The lowest BCUT2D eigenvalue weighted by atomic mass is 10.1. The minimum atomic E-state index is -0.459. The molecule has 0 saturated carbocycles. The molecular formula is C38H36N8O7. The fourth-order valence-corrected chi connectivity index (χ4v) is 6.25. The molecule has 0 spiro atoms. The highest BCUT2D eigenvalue weighted by Gasteiger charge is 2.34. The normalized spacial score (nSPS) is 14.8. The van der Waals surface area contributed by atoms with Crippen molar-refractivity contribution in [3.05, 3.63) is 89.9 Å². The van der Waals surface area contributed by atoms with E-state index in [0.717, 1.165) is 11.1 Å². The highest BCUT2D eigenvalue weighted by Crippen LogP contribution is 2.38. The van der Waals surface area contributed by atoms with Crippen molar-refractivity contribution in [2.45, 2.75) is 25.3 Å². The van der Waals surface area contributed by atoms with Crippen molar-refractivity contribution >= 4 is 58.1 Å². The number of imidazole rings is 2. The van der Waals surface area contributed by atoms with Gasteiger partial charge in [-0.1, -0.05) is 12.2 Å². The van der Waals surface area contributed by atoms with E-state index in [4.69, 9.17) is 14.2 Å². The third-order valence-corrected chi connectivity index (χ3v) is 8.92. The Balaban J connectivity index is 0.912. The Morgan fingerprint density at radius 3 is 2.60 bits per heavy atom. The predicted molar refractivity (Wildman–Crippen MR) is 197 cm³/mol. The van der Waals surface area contributed by atoms with E-state index in [2.05, 4.69) is 37.2 Å². The number of methoxy groups -OCH3 is 2. The smallest absolute Gasteiger partial charge is 0.337 e. The van der Waals surface area contributed by atoms with E-state index in [1.807, 2.05) is 0 Å². The van der Waals surface area contributed by atoms with Crippen LogP contribution in [0.2, 0.25) is 0 Å². The van der Waals surface area contributed by atoms with Gasteiger partial charge in [0.15, 0.2) is 17.3 Å². The first-order valence-electron chi connectivity index (χ1n) is 16.8.